The Morgan fingerprint density at radius 1 is 1.12 bits per heavy atom. The van der Waals surface area contributed by atoms with E-state index in [0.717, 1.165) is 25.1 Å². The number of ether oxygens (including phenoxy) is 1. The lowest BCUT2D eigenvalue weighted by Gasteiger charge is -2.14. The number of aromatic nitrogens is 5. The van der Waals surface area contributed by atoms with Crippen LogP contribution in [-0.2, 0) is 22.1 Å². The molecule has 9 nitrogen and oxygen atoms in total. The number of anilines is 3. The van der Waals surface area contributed by atoms with Gasteiger partial charge in [0, 0.05) is 17.4 Å². The highest BCUT2D eigenvalue weighted by Crippen LogP contribution is 2.37. The number of hydrogen-bond donors (Lipinski definition) is 2. The van der Waals surface area contributed by atoms with Gasteiger partial charge in [0.15, 0.2) is 5.82 Å². The van der Waals surface area contributed by atoms with E-state index < -0.39 is 17.8 Å². The topological polar surface area (TPSA) is 115 Å². The molecule has 172 valence electrons. The molecule has 0 aliphatic heterocycles. The number of esters is 1. The highest BCUT2D eigenvalue weighted by atomic mass is 19.4. The molecule has 33 heavy (non-hydrogen) atoms. The van der Waals surface area contributed by atoms with Crippen LogP contribution in [-0.4, -0.2) is 43.5 Å². The number of carbonyl (C=O) groups excluding carboxylic acids is 1. The molecule has 0 amide bonds. The fraction of sp³-hybridized carbons (Fsp3) is 0.333. The van der Waals surface area contributed by atoms with Crippen LogP contribution in [0.5, 0.6) is 0 Å². The molecule has 0 atom stereocenters. The van der Waals surface area contributed by atoms with E-state index in [9.17, 15) is 18.0 Å². The number of carbonyl (C=O) groups is 1. The molecule has 1 saturated carbocycles. The van der Waals surface area contributed by atoms with Crippen molar-refractivity contribution < 1.29 is 22.7 Å². The maximum Gasteiger partial charge on any atom is 0.433 e. The minimum absolute atomic E-state index is 0.0268. The van der Waals surface area contributed by atoms with Crippen LogP contribution in [0.25, 0.3) is 11.5 Å². The van der Waals surface area contributed by atoms with E-state index in [1.165, 1.54) is 13.2 Å². The van der Waals surface area contributed by atoms with E-state index in [1.54, 1.807) is 18.2 Å². The van der Waals surface area contributed by atoms with E-state index in [0.29, 0.717) is 11.4 Å². The Morgan fingerprint density at radius 2 is 1.88 bits per heavy atom. The monoisotopic (exact) mass is 459 g/mol. The molecule has 4 rings (SSSR count). The van der Waals surface area contributed by atoms with E-state index in [-0.39, 0.29) is 35.4 Å². The zero-order valence-corrected chi connectivity index (χ0v) is 17.8. The first-order valence-corrected chi connectivity index (χ1v) is 10.0. The minimum Gasteiger partial charge on any atom is -0.469 e. The molecule has 2 N–H and O–H groups in total. The predicted octanol–water partition coefficient (Wildman–Crippen LogP) is 3.77. The molecule has 3 heterocycles. The Kier molecular flexibility index (Phi) is 5.83. The highest BCUT2D eigenvalue weighted by molar-refractivity contribution is 5.72. The van der Waals surface area contributed by atoms with Gasteiger partial charge in [0.05, 0.1) is 19.2 Å². The molecule has 0 bridgehead atoms. The number of nitrogens with one attached hydrogen (secondary N) is 2. The Labute approximate surface area is 186 Å². The van der Waals surface area contributed by atoms with Gasteiger partial charge in [-0.15, -0.1) is 0 Å². The summed E-state index contributed by atoms with van der Waals surface area (Å²) >= 11 is 0. The largest absolute Gasteiger partial charge is 0.469 e. The molecule has 3 aromatic rings. The SMILES string of the molecule is COC(=O)Cc1cccc(-c2nc(Nc3ccnc(C(F)(F)F)c3)nc(NC3(C)CC3)n2)n1. The molecule has 0 radical (unpaired) electrons. The van der Waals surface area contributed by atoms with Crippen molar-refractivity contribution >= 4 is 23.6 Å². The third-order valence-corrected chi connectivity index (χ3v) is 4.94. The van der Waals surface area contributed by atoms with Gasteiger partial charge in [-0.3, -0.25) is 9.78 Å². The van der Waals surface area contributed by atoms with Crippen LogP contribution in [0, 0.1) is 0 Å². The van der Waals surface area contributed by atoms with Gasteiger partial charge in [0.2, 0.25) is 11.9 Å². The molecular formula is C21H20F3N7O2. The molecule has 0 saturated heterocycles. The second-order valence-electron chi connectivity index (χ2n) is 7.81. The zero-order chi connectivity index (χ0) is 23.6. The van der Waals surface area contributed by atoms with Crippen LogP contribution in [0.1, 0.15) is 31.2 Å². The van der Waals surface area contributed by atoms with E-state index in [1.807, 2.05) is 6.92 Å². The summed E-state index contributed by atoms with van der Waals surface area (Å²) in [6.07, 6.45) is -1.69. The van der Waals surface area contributed by atoms with Crippen LogP contribution in [0.15, 0.2) is 36.5 Å². The minimum atomic E-state index is -4.58. The van der Waals surface area contributed by atoms with Crippen molar-refractivity contribution in [3.8, 4) is 11.5 Å². The van der Waals surface area contributed by atoms with Crippen molar-refractivity contribution in [3.63, 3.8) is 0 Å². The number of rotatable bonds is 7. The Hall–Kier alpha value is -3.83. The maximum absolute atomic E-state index is 13.0. The number of pyridine rings is 2. The molecule has 0 unspecified atom stereocenters. The van der Waals surface area contributed by atoms with Crippen LogP contribution < -0.4 is 10.6 Å². The Morgan fingerprint density at radius 3 is 2.58 bits per heavy atom. The van der Waals surface area contributed by atoms with Gasteiger partial charge >= 0.3 is 12.1 Å². The van der Waals surface area contributed by atoms with E-state index in [4.69, 9.17) is 0 Å². The first-order chi connectivity index (χ1) is 15.6. The van der Waals surface area contributed by atoms with Gasteiger partial charge in [-0.05, 0) is 44.0 Å². The summed E-state index contributed by atoms with van der Waals surface area (Å²) < 4.78 is 43.7. The Balaban J connectivity index is 1.68. The summed E-state index contributed by atoms with van der Waals surface area (Å²) in [6.45, 7) is 2.01. The molecule has 0 spiro atoms. The summed E-state index contributed by atoms with van der Waals surface area (Å²) in [4.78, 5) is 32.4. The molecule has 1 aliphatic rings. The van der Waals surface area contributed by atoms with Gasteiger partial charge < -0.3 is 15.4 Å². The van der Waals surface area contributed by atoms with Crippen molar-refractivity contribution in [3.05, 3.63) is 47.9 Å². The highest BCUT2D eigenvalue weighted by Gasteiger charge is 2.38. The van der Waals surface area contributed by atoms with Crippen molar-refractivity contribution in [1.82, 2.24) is 24.9 Å². The second kappa shape index (κ2) is 8.60. The summed E-state index contributed by atoms with van der Waals surface area (Å²) in [7, 11) is 1.29. The lowest BCUT2D eigenvalue weighted by atomic mass is 10.2. The normalized spacial score (nSPS) is 14.5. The van der Waals surface area contributed by atoms with Gasteiger partial charge in [0.25, 0.3) is 0 Å². The van der Waals surface area contributed by atoms with Gasteiger partial charge in [-0.25, -0.2) is 4.98 Å². The number of nitrogens with zero attached hydrogens (tertiary/aromatic N) is 5. The van der Waals surface area contributed by atoms with Crippen LogP contribution in [0.4, 0.5) is 30.8 Å². The van der Waals surface area contributed by atoms with Crippen molar-refractivity contribution in [2.75, 3.05) is 17.7 Å². The predicted molar refractivity (Wildman–Crippen MR) is 113 cm³/mol. The van der Waals surface area contributed by atoms with Gasteiger partial charge in [-0.1, -0.05) is 6.07 Å². The third-order valence-electron chi connectivity index (χ3n) is 4.94. The van der Waals surface area contributed by atoms with Crippen molar-refractivity contribution in [1.29, 1.82) is 0 Å². The van der Waals surface area contributed by atoms with Gasteiger partial charge in [-0.2, -0.15) is 28.1 Å². The van der Waals surface area contributed by atoms with Crippen LogP contribution >= 0.6 is 0 Å². The van der Waals surface area contributed by atoms with E-state index >= 15 is 0 Å². The standard InChI is InChI=1S/C21H20F3N7O2/c1-20(7-8-20)31-19-29-17(14-5-3-4-12(26-14)11-16(32)33-2)28-18(30-19)27-13-6-9-25-15(10-13)21(22,23)24/h3-6,9-10H,7-8,11H2,1-2H3,(H2,25,27,28,29,30,31). The lowest BCUT2D eigenvalue weighted by molar-refractivity contribution is -0.141. The summed E-state index contributed by atoms with van der Waals surface area (Å²) in [5.41, 5.74) is -0.248. The second-order valence-corrected chi connectivity index (χ2v) is 7.81. The number of hydrogen-bond acceptors (Lipinski definition) is 9. The number of alkyl halides is 3. The molecule has 3 aromatic heterocycles. The smallest absolute Gasteiger partial charge is 0.433 e. The fourth-order valence-corrected chi connectivity index (χ4v) is 2.90. The molecule has 0 aromatic carbocycles. The lowest BCUT2D eigenvalue weighted by Crippen LogP contribution is -2.19. The van der Waals surface area contributed by atoms with Crippen molar-refractivity contribution in [2.45, 2.75) is 37.9 Å². The van der Waals surface area contributed by atoms with Crippen LogP contribution in [0.3, 0.4) is 0 Å². The van der Waals surface area contributed by atoms with E-state index in [2.05, 4.69) is 40.3 Å². The fourth-order valence-electron chi connectivity index (χ4n) is 2.90. The number of halogens is 3. The zero-order valence-electron chi connectivity index (χ0n) is 17.8. The molecule has 1 fully saturated rings. The van der Waals surface area contributed by atoms with Crippen LogP contribution in [0.2, 0.25) is 0 Å². The quantitative estimate of drug-likeness (QED) is 0.510. The Bertz CT molecular complexity index is 1180. The summed E-state index contributed by atoms with van der Waals surface area (Å²) in [6, 6.07) is 7.28. The summed E-state index contributed by atoms with van der Waals surface area (Å²) in [5, 5.41) is 6.01. The third kappa shape index (κ3) is 5.70. The first kappa shape index (κ1) is 22.4. The molecule has 1 aliphatic carbocycles. The number of methoxy groups -OCH3 is 1. The first-order valence-electron chi connectivity index (χ1n) is 10.0. The average Bonchev–Trinajstić information content (AvgIpc) is 3.49. The van der Waals surface area contributed by atoms with Crippen molar-refractivity contribution in [2.24, 2.45) is 0 Å². The maximum atomic E-state index is 13.0. The average molecular weight is 459 g/mol. The molecule has 12 heteroatoms. The summed E-state index contributed by atoms with van der Waals surface area (Å²) in [5.74, 6) is 0.0370. The van der Waals surface area contributed by atoms with Gasteiger partial charge in [0.1, 0.15) is 11.4 Å². The molecular weight excluding hydrogens is 439 g/mol.